The molecule has 1 aromatic heterocycles. The Labute approximate surface area is 177 Å². The van der Waals surface area contributed by atoms with Crippen LogP contribution in [-0.4, -0.2) is 52.3 Å². The highest BCUT2D eigenvalue weighted by atomic mass is 32.2. The second-order valence-electron chi connectivity index (χ2n) is 8.43. The van der Waals surface area contributed by atoms with Gasteiger partial charge in [0.25, 0.3) is 5.56 Å². The van der Waals surface area contributed by atoms with E-state index in [9.17, 15) is 18.0 Å². The standard InChI is InChI=1S/C21H30N4O4S/c1-2-30(28,29)24-12-10-16-17(14-24)22-20(23-21(16)27)18-9-5-6-11-25(18)19(26)13-15-7-3-4-8-15/h3,7,15,18H,2,4-6,8-14H2,1H3,(H,22,23,27)/t15-,18+/m1/s1. The fourth-order valence-electron chi connectivity index (χ4n) is 4.73. The number of aromatic amines is 1. The van der Waals surface area contributed by atoms with Crippen molar-refractivity contribution in [3.8, 4) is 0 Å². The zero-order valence-corrected chi connectivity index (χ0v) is 18.3. The van der Waals surface area contributed by atoms with E-state index in [1.165, 1.54) is 4.31 Å². The summed E-state index contributed by atoms with van der Waals surface area (Å²) in [5, 5.41) is 0. The molecule has 1 aromatic rings. The van der Waals surface area contributed by atoms with Crippen LogP contribution in [0.15, 0.2) is 16.9 Å². The minimum atomic E-state index is -3.34. The van der Waals surface area contributed by atoms with Crippen LogP contribution in [0.3, 0.4) is 0 Å². The van der Waals surface area contributed by atoms with Crippen LogP contribution in [0.2, 0.25) is 0 Å². The Bertz CT molecular complexity index is 1000. The average molecular weight is 435 g/mol. The van der Waals surface area contributed by atoms with E-state index in [4.69, 9.17) is 4.98 Å². The van der Waals surface area contributed by atoms with E-state index in [0.717, 1.165) is 32.1 Å². The SMILES string of the molecule is CCS(=O)(=O)N1CCc2c(nc([C@@H]3CCCCN3C(=O)C[C@@H]3C=CCC3)[nH]c2=O)C1. The van der Waals surface area contributed by atoms with Gasteiger partial charge in [0.1, 0.15) is 5.82 Å². The molecule has 164 valence electrons. The number of hydrogen-bond acceptors (Lipinski definition) is 5. The normalized spacial score (nSPS) is 24.8. The van der Waals surface area contributed by atoms with Gasteiger partial charge < -0.3 is 9.88 Å². The Morgan fingerprint density at radius 3 is 2.83 bits per heavy atom. The molecule has 0 spiro atoms. The van der Waals surface area contributed by atoms with Gasteiger partial charge in [-0.1, -0.05) is 12.2 Å². The van der Waals surface area contributed by atoms with Crippen LogP contribution in [0.1, 0.15) is 68.6 Å². The summed E-state index contributed by atoms with van der Waals surface area (Å²) in [6.07, 6.45) is 9.81. The van der Waals surface area contributed by atoms with Gasteiger partial charge in [0.05, 0.1) is 24.0 Å². The molecular formula is C21H30N4O4S. The van der Waals surface area contributed by atoms with Crippen LogP contribution >= 0.6 is 0 Å². The van der Waals surface area contributed by atoms with E-state index in [1.807, 2.05) is 4.90 Å². The van der Waals surface area contributed by atoms with E-state index in [0.29, 0.717) is 48.9 Å². The molecular weight excluding hydrogens is 404 g/mol. The van der Waals surface area contributed by atoms with E-state index in [2.05, 4.69) is 17.1 Å². The molecule has 1 aliphatic carbocycles. The molecule has 8 nitrogen and oxygen atoms in total. The fourth-order valence-corrected chi connectivity index (χ4v) is 5.79. The quantitative estimate of drug-likeness (QED) is 0.713. The predicted molar refractivity (Wildman–Crippen MR) is 113 cm³/mol. The number of nitrogens with zero attached hydrogens (tertiary/aromatic N) is 3. The molecule has 0 radical (unpaired) electrons. The molecule has 0 bridgehead atoms. The van der Waals surface area contributed by atoms with Gasteiger partial charge in [-0.2, -0.15) is 4.31 Å². The maximum absolute atomic E-state index is 13.0. The highest BCUT2D eigenvalue weighted by molar-refractivity contribution is 7.89. The van der Waals surface area contributed by atoms with Gasteiger partial charge in [0.15, 0.2) is 0 Å². The first kappa shape index (κ1) is 21.2. The molecule has 1 fully saturated rings. The number of likely N-dealkylation sites (tertiary alicyclic amines) is 1. The molecule has 1 saturated heterocycles. The number of rotatable bonds is 5. The first-order chi connectivity index (χ1) is 14.4. The number of carbonyl (C=O) groups excluding carboxylic acids is 1. The summed E-state index contributed by atoms with van der Waals surface area (Å²) in [6, 6.07) is -0.257. The Morgan fingerprint density at radius 2 is 2.10 bits per heavy atom. The van der Waals surface area contributed by atoms with Gasteiger partial charge in [-0.05, 0) is 51.4 Å². The summed E-state index contributed by atoms with van der Waals surface area (Å²) >= 11 is 0. The first-order valence-electron chi connectivity index (χ1n) is 10.9. The highest BCUT2D eigenvalue weighted by Crippen LogP contribution is 2.32. The predicted octanol–water partition coefficient (Wildman–Crippen LogP) is 1.89. The molecule has 9 heteroatoms. The molecule has 3 aliphatic rings. The zero-order chi connectivity index (χ0) is 21.3. The molecule has 0 unspecified atom stereocenters. The number of H-pyrrole nitrogens is 1. The number of fused-ring (bicyclic) bond motifs is 1. The van der Waals surface area contributed by atoms with Crippen molar-refractivity contribution in [3.05, 3.63) is 39.6 Å². The lowest BCUT2D eigenvalue weighted by molar-refractivity contribution is -0.136. The molecule has 2 atom stereocenters. The number of nitrogens with one attached hydrogen (secondary N) is 1. The third-order valence-corrected chi connectivity index (χ3v) is 8.33. The number of aromatic nitrogens is 2. The number of allylic oxidation sites excluding steroid dienone is 2. The molecule has 0 aromatic carbocycles. The monoisotopic (exact) mass is 434 g/mol. The van der Waals surface area contributed by atoms with Crippen LogP contribution < -0.4 is 5.56 Å². The van der Waals surface area contributed by atoms with Crippen molar-refractivity contribution < 1.29 is 13.2 Å². The Hall–Kier alpha value is -2.00. The summed E-state index contributed by atoms with van der Waals surface area (Å²) in [5.41, 5.74) is 0.875. The first-order valence-corrected chi connectivity index (χ1v) is 12.6. The summed E-state index contributed by atoms with van der Waals surface area (Å²) < 4.78 is 26.0. The summed E-state index contributed by atoms with van der Waals surface area (Å²) in [5.74, 6) is 0.915. The minimum absolute atomic E-state index is 0.0267. The lowest BCUT2D eigenvalue weighted by atomic mass is 9.98. The van der Waals surface area contributed by atoms with Gasteiger partial charge in [-0.3, -0.25) is 9.59 Å². The van der Waals surface area contributed by atoms with Crippen molar-refractivity contribution >= 4 is 15.9 Å². The molecule has 0 saturated carbocycles. The summed E-state index contributed by atoms with van der Waals surface area (Å²) in [6.45, 7) is 2.70. The van der Waals surface area contributed by atoms with Gasteiger partial charge in [-0.15, -0.1) is 0 Å². The van der Waals surface area contributed by atoms with Gasteiger partial charge >= 0.3 is 0 Å². The van der Waals surface area contributed by atoms with Crippen LogP contribution in [-0.2, 0) is 27.8 Å². The number of piperidine rings is 1. The van der Waals surface area contributed by atoms with E-state index in [-0.39, 0.29) is 29.8 Å². The minimum Gasteiger partial charge on any atom is -0.332 e. The fraction of sp³-hybridized carbons (Fsp3) is 0.667. The second-order valence-corrected chi connectivity index (χ2v) is 10.7. The van der Waals surface area contributed by atoms with E-state index < -0.39 is 10.0 Å². The highest BCUT2D eigenvalue weighted by Gasteiger charge is 2.33. The molecule has 4 rings (SSSR count). The van der Waals surface area contributed by atoms with E-state index >= 15 is 0 Å². The average Bonchev–Trinajstić information content (AvgIpc) is 3.26. The number of sulfonamides is 1. The van der Waals surface area contributed by atoms with Crippen molar-refractivity contribution in [3.63, 3.8) is 0 Å². The Kier molecular flexibility index (Phi) is 6.11. The van der Waals surface area contributed by atoms with Crippen molar-refractivity contribution in [1.29, 1.82) is 0 Å². The van der Waals surface area contributed by atoms with Crippen LogP contribution in [0.5, 0.6) is 0 Å². The molecule has 3 heterocycles. The largest absolute Gasteiger partial charge is 0.332 e. The van der Waals surface area contributed by atoms with Crippen LogP contribution in [0.4, 0.5) is 0 Å². The van der Waals surface area contributed by atoms with Gasteiger partial charge in [0.2, 0.25) is 15.9 Å². The summed E-state index contributed by atoms with van der Waals surface area (Å²) in [7, 11) is -3.34. The molecule has 2 aliphatic heterocycles. The van der Waals surface area contributed by atoms with Crippen molar-refractivity contribution in [2.75, 3.05) is 18.8 Å². The topological polar surface area (TPSA) is 103 Å². The number of amides is 1. The summed E-state index contributed by atoms with van der Waals surface area (Å²) in [4.78, 5) is 35.2. The van der Waals surface area contributed by atoms with E-state index in [1.54, 1.807) is 6.92 Å². The molecule has 1 amide bonds. The Balaban J connectivity index is 1.60. The third kappa shape index (κ3) is 4.23. The van der Waals surface area contributed by atoms with Crippen LogP contribution in [0, 0.1) is 5.92 Å². The lowest BCUT2D eigenvalue weighted by Crippen LogP contribution is -2.43. The second kappa shape index (κ2) is 8.63. The van der Waals surface area contributed by atoms with Crippen LogP contribution in [0.25, 0.3) is 0 Å². The van der Waals surface area contributed by atoms with Crippen molar-refractivity contribution in [2.45, 2.75) is 64.5 Å². The number of carbonyl (C=O) groups is 1. The maximum Gasteiger partial charge on any atom is 0.254 e. The lowest BCUT2D eigenvalue weighted by Gasteiger charge is -2.36. The van der Waals surface area contributed by atoms with Crippen molar-refractivity contribution in [2.24, 2.45) is 5.92 Å². The zero-order valence-electron chi connectivity index (χ0n) is 17.5. The van der Waals surface area contributed by atoms with Crippen molar-refractivity contribution in [1.82, 2.24) is 19.2 Å². The Morgan fingerprint density at radius 1 is 1.27 bits per heavy atom. The molecule has 30 heavy (non-hydrogen) atoms. The maximum atomic E-state index is 13.0. The third-order valence-electron chi connectivity index (χ3n) is 6.50. The number of hydrogen-bond donors (Lipinski definition) is 1. The molecule has 1 N–H and O–H groups in total. The smallest absolute Gasteiger partial charge is 0.254 e. The van der Waals surface area contributed by atoms with Gasteiger partial charge in [0, 0.05) is 25.1 Å². The van der Waals surface area contributed by atoms with Gasteiger partial charge in [-0.25, -0.2) is 13.4 Å².